The lowest BCUT2D eigenvalue weighted by Gasteiger charge is -2.46. The van der Waals surface area contributed by atoms with Crippen LogP contribution in [-0.2, 0) is 6.42 Å². The number of nitrogens with zero attached hydrogens (tertiary/aromatic N) is 4. The molecule has 1 aliphatic rings. The second-order valence-corrected chi connectivity index (χ2v) is 10.6. The van der Waals surface area contributed by atoms with Crippen LogP contribution in [0.5, 0.6) is 0 Å². The van der Waals surface area contributed by atoms with Gasteiger partial charge in [0.15, 0.2) is 0 Å². The van der Waals surface area contributed by atoms with E-state index < -0.39 is 11.5 Å². The quantitative estimate of drug-likeness (QED) is 0.435. The highest BCUT2D eigenvalue weighted by Crippen LogP contribution is 2.33. The molecule has 33 heavy (non-hydrogen) atoms. The first-order valence-corrected chi connectivity index (χ1v) is 12.4. The van der Waals surface area contributed by atoms with Gasteiger partial charge in [0.2, 0.25) is 5.91 Å². The molecule has 1 heterocycles. The van der Waals surface area contributed by atoms with Crippen molar-refractivity contribution >= 4 is 0 Å². The Bertz CT molecular complexity index is 724. The lowest BCUT2D eigenvalue weighted by atomic mass is 9.96. The van der Waals surface area contributed by atoms with E-state index in [0.717, 1.165) is 12.0 Å². The summed E-state index contributed by atoms with van der Waals surface area (Å²) in [6, 6.07) is 9.93. The second kappa shape index (κ2) is 11.1. The van der Waals surface area contributed by atoms with Gasteiger partial charge in [-0.15, -0.1) is 0 Å². The molecule has 5 atom stereocenters. The third-order valence-electron chi connectivity index (χ3n) is 7.72. The Morgan fingerprint density at radius 1 is 1.00 bits per heavy atom. The first-order chi connectivity index (χ1) is 15.2. The molecular formula is C26H48N4O3. The minimum absolute atomic E-state index is 0.0165. The molecule has 2 rings (SSSR count). The van der Waals surface area contributed by atoms with Crippen molar-refractivity contribution in [3.8, 4) is 0 Å². The van der Waals surface area contributed by atoms with Gasteiger partial charge in [0.1, 0.15) is 6.17 Å². The Labute approximate surface area is 201 Å². The van der Waals surface area contributed by atoms with Crippen LogP contribution < -0.4 is 0 Å². The van der Waals surface area contributed by atoms with Crippen molar-refractivity contribution < 1.29 is 15.3 Å². The molecule has 0 radical (unpaired) electrons. The van der Waals surface area contributed by atoms with Gasteiger partial charge in [0, 0.05) is 39.1 Å². The van der Waals surface area contributed by atoms with Crippen LogP contribution in [-0.4, -0.2) is 91.7 Å². The van der Waals surface area contributed by atoms with Crippen LogP contribution in [0.3, 0.4) is 0 Å². The fraction of sp³-hybridized carbons (Fsp3) is 0.769. The largest absolute Gasteiger partial charge is 0.387 e. The van der Waals surface area contributed by atoms with Gasteiger partial charge in [0.25, 0.3) is 0 Å². The highest BCUT2D eigenvalue weighted by molar-refractivity contribution is 5.14. The van der Waals surface area contributed by atoms with Gasteiger partial charge < -0.3 is 15.3 Å². The fourth-order valence-corrected chi connectivity index (χ4v) is 5.22. The first kappa shape index (κ1) is 28.2. The zero-order valence-electron chi connectivity index (χ0n) is 22.2. The lowest BCUT2D eigenvalue weighted by molar-refractivity contribution is -0.284. The van der Waals surface area contributed by atoms with Crippen LogP contribution in [0, 0.1) is 5.92 Å². The van der Waals surface area contributed by atoms with Gasteiger partial charge >= 0.3 is 0 Å². The SMILES string of the molecule is CCC(C)C(C)N(CC(C)N1C(C)N(C)N(C)C1C(C)(C)O)C(O)(O)CCc1ccccc1. The van der Waals surface area contributed by atoms with Crippen molar-refractivity contribution in [2.24, 2.45) is 5.92 Å². The fourth-order valence-electron chi connectivity index (χ4n) is 5.22. The standard InChI is InChI=1S/C26H48N4O3/c1-10-19(2)21(4)29(26(32,33)17-16-23-14-12-11-13-15-23)18-20(3)30-22(5)27(8)28(9)24(30)25(6,7)31/h11-15,19-22,24,31-33H,10,16-18H2,1-9H3. The normalized spacial score (nSPS) is 24.4. The van der Waals surface area contributed by atoms with Gasteiger partial charge in [0.05, 0.1) is 11.8 Å². The van der Waals surface area contributed by atoms with E-state index in [2.05, 4.69) is 49.5 Å². The number of hydrogen-bond donors (Lipinski definition) is 3. The van der Waals surface area contributed by atoms with Crippen LogP contribution in [0.25, 0.3) is 0 Å². The van der Waals surface area contributed by atoms with Crippen molar-refractivity contribution in [3.05, 3.63) is 35.9 Å². The molecule has 7 heteroatoms. The zero-order chi connectivity index (χ0) is 25.1. The van der Waals surface area contributed by atoms with Crippen LogP contribution in [0.4, 0.5) is 0 Å². The maximum Gasteiger partial charge on any atom is 0.225 e. The number of rotatable bonds is 11. The van der Waals surface area contributed by atoms with Crippen LogP contribution >= 0.6 is 0 Å². The van der Waals surface area contributed by atoms with Gasteiger partial charge in [-0.2, -0.15) is 0 Å². The monoisotopic (exact) mass is 464 g/mol. The third-order valence-corrected chi connectivity index (χ3v) is 7.72. The van der Waals surface area contributed by atoms with Crippen LogP contribution in [0.1, 0.15) is 66.9 Å². The van der Waals surface area contributed by atoms with Crippen LogP contribution in [0.15, 0.2) is 30.3 Å². The number of aryl methyl sites for hydroxylation is 1. The number of hydrazine groups is 1. The Kier molecular flexibility index (Phi) is 9.50. The summed E-state index contributed by atoms with van der Waals surface area (Å²) in [5.41, 5.74) is 0.144. The molecular weight excluding hydrogens is 416 g/mol. The van der Waals surface area contributed by atoms with Gasteiger partial charge in [-0.3, -0.25) is 4.90 Å². The summed E-state index contributed by atoms with van der Waals surface area (Å²) in [6.07, 6.45) is 1.62. The van der Waals surface area contributed by atoms with E-state index in [4.69, 9.17) is 0 Å². The average Bonchev–Trinajstić information content (AvgIpc) is 2.99. The van der Waals surface area contributed by atoms with E-state index in [1.165, 1.54) is 0 Å². The van der Waals surface area contributed by atoms with Gasteiger partial charge in [-0.1, -0.05) is 50.6 Å². The lowest BCUT2D eigenvalue weighted by Crippen LogP contribution is -2.62. The second-order valence-electron chi connectivity index (χ2n) is 10.6. The van der Waals surface area contributed by atoms with Crippen molar-refractivity contribution in [1.82, 2.24) is 19.8 Å². The van der Waals surface area contributed by atoms with Gasteiger partial charge in [-0.25, -0.2) is 14.9 Å². The third kappa shape index (κ3) is 6.54. The van der Waals surface area contributed by atoms with Crippen molar-refractivity contribution in [3.63, 3.8) is 0 Å². The average molecular weight is 465 g/mol. The molecule has 1 saturated heterocycles. The summed E-state index contributed by atoms with van der Waals surface area (Å²) in [6.45, 7) is 14.8. The van der Waals surface area contributed by atoms with E-state index in [1.807, 2.05) is 63.2 Å². The Morgan fingerprint density at radius 3 is 2.09 bits per heavy atom. The van der Waals surface area contributed by atoms with E-state index in [9.17, 15) is 15.3 Å². The molecule has 1 fully saturated rings. The van der Waals surface area contributed by atoms with E-state index in [-0.39, 0.29) is 30.8 Å². The minimum Gasteiger partial charge on any atom is -0.387 e. The van der Waals surface area contributed by atoms with Crippen molar-refractivity contribution in [2.75, 3.05) is 20.6 Å². The highest BCUT2D eigenvalue weighted by atomic mass is 16.5. The molecule has 1 aromatic rings. The van der Waals surface area contributed by atoms with E-state index in [0.29, 0.717) is 18.9 Å². The maximum atomic E-state index is 11.3. The highest BCUT2D eigenvalue weighted by Gasteiger charge is 2.49. The molecule has 0 bridgehead atoms. The van der Waals surface area contributed by atoms with Gasteiger partial charge in [-0.05, 0) is 52.5 Å². The molecule has 0 amide bonds. The Morgan fingerprint density at radius 2 is 1.58 bits per heavy atom. The maximum absolute atomic E-state index is 11.3. The summed E-state index contributed by atoms with van der Waals surface area (Å²) in [4.78, 5) is 4.14. The summed E-state index contributed by atoms with van der Waals surface area (Å²) in [5.74, 6) is -1.63. The summed E-state index contributed by atoms with van der Waals surface area (Å²) < 4.78 is 0. The molecule has 1 aromatic carbocycles. The molecule has 0 saturated carbocycles. The first-order valence-electron chi connectivity index (χ1n) is 12.4. The zero-order valence-corrected chi connectivity index (χ0v) is 22.2. The smallest absolute Gasteiger partial charge is 0.225 e. The number of likely N-dealkylation sites (N-methyl/N-ethyl adjacent to an activating group) is 1. The van der Waals surface area contributed by atoms with Crippen molar-refractivity contribution in [2.45, 2.75) is 104 Å². The molecule has 3 N–H and O–H groups in total. The summed E-state index contributed by atoms with van der Waals surface area (Å²) >= 11 is 0. The molecule has 7 nitrogen and oxygen atoms in total. The summed E-state index contributed by atoms with van der Waals surface area (Å²) in [5, 5.41) is 37.8. The molecule has 190 valence electrons. The van der Waals surface area contributed by atoms with Crippen LogP contribution in [0.2, 0.25) is 0 Å². The summed E-state index contributed by atoms with van der Waals surface area (Å²) in [7, 11) is 4.02. The molecule has 0 aromatic heterocycles. The molecule has 0 aliphatic carbocycles. The van der Waals surface area contributed by atoms with E-state index in [1.54, 1.807) is 0 Å². The number of hydrogen-bond acceptors (Lipinski definition) is 7. The Hall–Kier alpha value is -1.06. The number of aliphatic hydroxyl groups is 3. The molecule has 1 aliphatic heterocycles. The Balaban J connectivity index is 2.29. The minimum atomic E-state index is -1.93. The number of benzene rings is 1. The van der Waals surface area contributed by atoms with Crippen molar-refractivity contribution in [1.29, 1.82) is 0 Å². The predicted molar refractivity (Wildman–Crippen MR) is 134 cm³/mol. The topological polar surface area (TPSA) is 73.7 Å². The molecule has 5 unspecified atom stereocenters. The van der Waals surface area contributed by atoms with E-state index >= 15 is 0 Å². The predicted octanol–water partition coefficient (Wildman–Crippen LogP) is 2.92. The molecule has 0 spiro atoms.